The molecule has 5 nitrogen and oxygen atoms in total. The molecule has 2 heterocycles. The molecule has 0 aliphatic carbocycles. The fraction of sp³-hybridized carbons (Fsp3) is 0.167. The summed E-state index contributed by atoms with van der Waals surface area (Å²) in [7, 11) is -3.65. The Morgan fingerprint density at radius 2 is 1.95 bits per heavy atom. The van der Waals surface area contributed by atoms with E-state index in [2.05, 4.69) is 30.6 Å². The molecule has 2 rings (SSSR count). The van der Waals surface area contributed by atoms with E-state index < -0.39 is 10.0 Å². The highest BCUT2D eigenvalue weighted by Gasteiger charge is 2.16. The van der Waals surface area contributed by atoms with Gasteiger partial charge >= 0.3 is 0 Å². The predicted molar refractivity (Wildman–Crippen MR) is 76.5 cm³/mol. The van der Waals surface area contributed by atoms with E-state index in [9.17, 15) is 8.42 Å². The largest absolute Gasteiger partial charge is 0.278 e. The summed E-state index contributed by atoms with van der Waals surface area (Å²) < 4.78 is 27.5. The number of hydrogen-bond donors (Lipinski definition) is 1. The van der Waals surface area contributed by atoms with Gasteiger partial charge in [0.05, 0.1) is 11.4 Å². The molecule has 0 spiro atoms. The van der Waals surface area contributed by atoms with Crippen LogP contribution in [0, 0.1) is 13.8 Å². The number of nitrogens with one attached hydrogen (secondary N) is 1. The van der Waals surface area contributed by atoms with Gasteiger partial charge in [-0.05, 0) is 48.0 Å². The summed E-state index contributed by atoms with van der Waals surface area (Å²) in [6.45, 7) is 3.60. The van der Waals surface area contributed by atoms with Gasteiger partial charge in [0.15, 0.2) is 0 Å². The summed E-state index contributed by atoms with van der Waals surface area (Å²) in [5, 5.41) is 0. The molecule has 0 radical (unpaired) electrons. The maximum atomic E-state index is 12.2. The van der Waals surface area contributed by atoms with Crippen LogP contribution in [0.2, 0.25) is 0 Å². The van der Waals surface area contributed by atoms with Gasteiger partial charge in [-0.1, -0.05) is 0 Å². The second kappa shape index (κ2) is 5.26. The summed E-state index contributed by atoms with van der Waals surface area (Å²) in [5.74, 6) is 0. The van der Waals surface area contributed by atoms with Crippen LogP contribution in [0.15, 0.2) is 40.0 Å². The Balaban J connectivity index is 2.36. The van der Waals surface area contributed by atoms with Gasteiger partial charge in [0, 0.05) is 22.6 Å². The molecule has 2 aromatic rings. The lowest BCUT2D eigenvalue weighted by molar-refractivity contribution is 0.600. The van der Waals surface area contributed by atoms with E-state index in [4.69, 9.17) is 0 Å². The van der Waals surface area contributed by atoms with Crippen LogP contribution in [0.25, 0.3) is 0 Å². The molecule has 0 aliphatic heterocycles. The number of pyridine rings is 2. The predicted octanol–water partition coefficient (Wildman–Crippen LogP) is 2.66. The molecule has 0 aliphatic rings. The Hall–Kier alpha value is -1.47. The zero-order chi connectivity index (χ0) is 14.0. The summed E-state index contributed by atoms with van der Waals surface area (Å²) in [5.41, 5.74) is 1.93. The van der Waals surface area contributed by atoms with Crippen LogP contribution in [0.5, 0.6) is 0 Å². The first-order chi connectivity index (χ1) is 8.88. The molecule has 0 amide bonds. The number of aryl methyl sites for hydroxylation is 2. The van der Waals surface area contributed by atoms with E-state index in [0.29, 0.717) is 15.9 Å². The van der Waals surface area contributed by atoms with Gasteiger partial charge in [0.1, 0.15) is 4.90 Å². The molecular weight excluding hydrogens is 330 g/mol. The SMILES string of the molecule is Cc1ccc(NS(=O)(=O)c2cncc(Br)c2)c(C)n1. The molecule has 0 bridgehead atoms. The van der Waals surface area contributed by atoms with Crippen molar-refractivity contribution in [1.82, 2.24) is 9.97 Å². The first-order valence-corrected chi connectivity index (χ1v) is 7.74. The van der Waals surface area contributed by atoms with Crippen molar-refractivity contribution in [2.45, 2.75) is 18.7 Å². The van der Waals surface area contributed by atoms with Gasteiger partial charge in [0.2, 0.25) is 0 Å². The Morgan fingerprint density at radius 1 is 1.21 bits per heavy atom. The minimum atomic E-state index is -3.65. The number of anilines is 1. The molecule has 0 unspecified atom stereocenters. The maximum absolute atomic E-state index is 12.2. The Labute approximate surface area is 120 Å². The molecule has 19 heavy (non-hydrogen) atoms. The molecule has 7 heteroatoms. The third kappa shape index (κ3) is 3.30. The van der Waals surface area contributed by atoms with Gasteiger partial charge in [0.25, 0.3) is 10.0 Å². The molecule has 0 fully saturated rings. The first-order valence-electron chi connectivity index (χ1n) is 5.46. The van der Waals surface area contributed by atoms with E-state index in [0.717, 1.165) is 5.69 Å². The summed E-state index contributed by atoms with van der Waals surface area (Å²) in [6, 6.07) is 4.94. The van der Waals surface area contributed by atoms with Gasteiger partial charge in [-0.25, -0.2) is 8.42 Å². The van der Waals surface area contributed by atoms with Crippen molar-refractivity contribution in [3.8, 4) is 0 Å². The van der Waals surface area contributed by atoms with Gasteiger partial charge in [-0.3, -0.25) is 14.7 Å². The summed E-state index contributed by atoms with van der Waals surface area (Å²) in [6.07, 6.45) is 2.82. The lowest BCUT2D eigenvalue weighted by atomic mass is 10.3. The topological polar surface area (TPSA) is 72.0 Å². The summed E-state index contributed by atoms with van der Waals surface area (Å²) >= 11 is 3.20. The number of aromatic nitrogens is 2. The van der Waals surface area contributed by atoms with E-state index >= 15 is 0 Å². The first kappa shape index (κ1) is 14.0. The molecule has 1 N–H and O–H groups in total. The minimum absolute atomic E-state index is 0.0989. The second-order valence-corrected chi connectivity index (χ2v) is 6.63. The monoisotopic (exact) mass is 341 g/mol. The van der Waals surface area contributed by atoms with Gasteiger partial charge < -0.3 is 0 Å². The average Bonchev–Trinajstić information content (AvgIpc) is 2.33. The highest BCUT2D eigenvalue weighted by atomic mass is 79.9. The van der Waals surface area contributed by atoms with Crippen LogP contribution >= 0.6 is 15.9 Å². The fourth-order valence-corrected chi connectivity index (χ4v) is 3.16. The van der Waals surface area contributed by atoms with Crippen LogP contribution in [0.1, 0.15) is 11.4 Å². The third-order valence-corrected chi connectivity index (χ3v) is 4.23. The van der Waals surface area contributed by atoms with E-state index in [1.807, 2.05) is 6.92 Å². The second-order valence-electron chi connectivity index (χ2n) is 4.03. The van der Waals surface area contributed by atoms with Gasteiger partial charge in [-0.2, -0.15) is 0 Å². The molecule has 0 saturated heterocycles. The Morgan fingerprint density at radius 3 is 2.58 bits per heavy atom. The standard InChI is InChI=1S/C12H12BrN3O2S/c1-8-3-4-12(9(2)15-8)16-19(17,18)11-5-10(13)6-14-7-11/h3-7,16H,1-2H3. The van der Waals surface area contributed by atoms with Crippen LogP contribution in [0.3, 0.4) is 0 Å². The zero-order valence-electron chi connectivity index (χ0n) is 10.4. The average molecular weight is 342 g/mol. The normalized spacial score (nSPS) is 11.3. The number of halogens is 1. The maximum Gasteiger partial charge on any atom is 0.263 e. The quantitative estimate of drug-likeness (QED) is 0.931. The molecule has 0 atom stereocenters. The lowest BCUT2D eigenvalue weighted by Crippen LogP contribution is -2.14. The highest BCUT2D eigenvalue weighted by Crippen LogP contribution is 2.20. The molecule has 100 valence electrons. The third-order valence-electron chi connectivity index (χ3n) is 2.46. The van der Waals surface area contributed by atoms with Crippen LogP contribution in [0.4, 0.5) is 5.69 Å². The van der Waals surface area contributed by atoms with Crippen molar-refractivity contribution in [2.75, 3.05) is 4.72 Å². The minimum Gasteiger partial charge on any atom is -0.278 e. The highest BCUT2D eigenvalue weighted by molar-refractivity contribution is 9.10. The van der Waals surface area contributed by atoms with Crippen molar-refractivity contribution in [1.29, 1.82) is 0 Å². The Kier molecular flexibility index (Phi) is 3.86. The van der Waals surface area contributed by atoms with Crippen molar-refractivity contribution in [3.05, 3.63) is 46.5 Å². The fourth-order valence-electron chi connectivity index (χ4n) is 1.54. The van der Waals surface area contributed by atoms with Crippen LogP contribution in [-0.2, 0) is 10.0 Å². The van der Waals surface area contributed by atoms with Crippen LogP contribution in [-0.4, -0.2) is 18.4 Å². The zero-order valence-corrected chi connectivity index (χ0v) is 12.8. The smallest absolute Gasteiger partial charge is 0.263 e. The molecule has 0 aromatic carbocycles. The van der Waals surface area contributed by atoms with Crippen molar-refractivity contribution in [3.63, 3.8) is 0 Å². The van der Waals surface area contributed by atoms with E-state index in [1.165, 1.54) is 18.5 Å². The number of hydrogen-bond acceptors (Lipinski definition) is 4. The van der Waals surface area contributed by atoms with E-state index in [-0.39, 0.29) is 4.90 Å². The molecular formula is C12H12BrN3O2S. The lowest BCUT2D eigenvalue weighted by Gasteiger charge is -2.10. The van der Waals surface area contributed by atoms with E-state index in [1.54, 1.807) is 19.1 Å². The van der Waals surface area contributed by atoms with Gasteiger partial charge in [-0.15, -0.1) is 0 Å². The molecule has 2 aromatic heterocycles. The Bertz CT molecular complexity index is 717. The van der Waals surface area contributed by atoms with Crippen LogP contribution < -0.4 is 4.72 Å². The summed E-state index contributed by atoms with van der Waals surface area (Å²) in [4.78, 5) is 8.16. The number of sulfonamides is 1. The number of nitrogens with zero attached hydrogens (tertiary/aromatic N) is 2. The number of rotatable bonds is 3. The molecule has 0 saturated carbocycles. The van der Waals surface area contributed by atoms with Crippen molar-refractivity contribution >= 4 is 31.6 Å². The van der Waals surface area contributed by atoms with Crippen molar-refractivity contribution < 1.29 is 8.42 Å². The van der Waals surface area contributed by atoms with Crippen molar-refractivity contribution in [2.24, 2.45) is 0 Å².